The molecule has 0 radical (unpaired) electrons. The van der Waals surface area contributed by atoms with Gasteiger partial charge in [-0.2, -0.15) is 0 Å². The Balaban J connectivity index is 1.62. The van der Waals surface area contributed by atoms with Crippen molar-refractivity contribution in [2.75, 3.05) is 51.9 Å². The predicted molar refractivity (Wildman–Crippen MR) is 133 cm³/mol. The first-order chi connectivity index (χ1) is 16.9. The summed E-state index contributed by atoms with van der Waals surface area (Å²) in [7, 11) is 3.09. The smallest absolute Gasteiger partial charge is 0.321 e. The lowest BCUT2D eigenvalue weighted by Crippen LogP contribution is -2.57. The van der Waals surface area contributed by atoms with E-state index in [1.807, 2.05) is 29.2 Å². The largest absolute Gasteiger partial charge is 0.497 e. The number of nitrogens with one attached hydrogen (secondary N) is 1. The highest BCUT2D eigenvalue weighted by Gasteiger charge is 2.43. The van der Waals surface area contributed by atoms with Crippen LogP contribution in [-0.2, 0) is 14.3 Å². The van der Waals surface area contributed by atoms with Crippen molar-refractivity contribution in [2.45, 2.75) is 13.0 Å². The van der Waals surface area contributed by atoms with Gasteiger partial charge in [0, 0.05) is 48.5 Å². The van der Waals surface area contributed by atoms with Crippen LogP contribution >= 0.6 is 11.6 Å². The maximum Gasteiger partial charge on any atom is 0.321 e. The summed E-state index contributed by atoms with van der Waals surface area (Å²) in [4.78, 5) is 35.0. The van der Waals surface area contributed by atoms with Crippen LogP contribution in [0.4, 0.5) is 5.69 Å². The van der Waals surface area contributed by atoms with Gasteiger partial charge in [0.2, 0.25) is 11.9 Å². The maximum atomic E-state index is 13.2. The molecule has 186 valence electrons. The van der Waals surface area contributed by atoms with Crippen molar-refractivity contribution in [2.24, 2.45) is 10.9 Å². The number of esters is 1. The van der Waals surface area contributed by atoms with E-state index >= 15 is 0 Å². The molecule has 0 saturated carbocycles. The molecule has 0 aromatic heterocycles. The lowest BCUT2D eigenvalue weighted by atomic mass is 9.90. The van der Waals surface area contributed by atoms with Gasteiger partial charge in [-0.15, -0.1) is 0 Å². The van der Waals surface area contributed by atoms with Crippen molar-refractivity contribution in [1.82, 2.24) is 10.2 Å². The maximum absolute atomic E-state index is 13.2. The number of nitrogens with zero attached hydrogens (tertiary/aromatic N) is 3. The summed E-state index contributed by atoms with van der Waals surface area (Å²) in [6, 6.07) is 12.2. The molecule has 0 aliphatic carbocycles. The fraction of sp³-hybridized carbons (Fsp3) is 0.400. The van der Waals surface area contributed by atoms with Crippen molar-refractivity contribution in [3.8, 4) is 11.5 Å². The molecular formula is C25H29ClN4O5. The number of piperazine rings is 1. The number of benzene rings is 2. The van der Waals surface area contributed by atoms with Gasteiger partial charge in [0.05, 0.1) is 20.8 Å². The summed E-state index contributed by atoms with van der Waals surface area (Å²) >= 11 is 6.15. The number of carbonyl (C=O) groups excluding carboxylic acids is 2. The van der Waals surface area contributed by atoms with Gasteiger partial charge in [0.1, 0.15) is 17.5 Å². The van der Waals surface area contributed by atoms with Crippen molar-refractivity contribution in [3.63, 3.8) is 0 Å². The highest BCUT2D eigenvalue weighted by molar-refractivity contribution is 6.30. The van der Waals surface area contributed by atoms with E-state index in [-0.39, 0.29) is 6.61 Å². The van der Waals surface area contributed by atoms with Gasteiger partial charge in [-0.25, -0.2) is 4.99 Å². The third kappa shape index (κ3) is 5.30. The van der Waals surface area contributed by atoms with E-state index in [9.17, 15) is 9.59 Å². The van der Waals surface area contributed by atoms with E-state index < -0.39 is 23.8 Å². The second kappa shape index (κ2) is 10.9. The van der Waals surface area contributed by atoms with Crippen LogP contribution in [0.25, 0.3) is 0 Å². The molecule has 2 aromatic rings. The molecule has 10 heteroatoms. The van der Waals surface area contributed by atoms with Crippen LogP contribution in [0.2, 0.25) is 5.02 Å². The number of amides is 1. The number of hydrogen-bond acceptors (Lipinski definition) is 8. The van der Waals surface area contributed by atoms with Crippen molar-refractivity contribution in [3.05, 3.63) is 53.1 Å². The molecule has 2 atom stereocenters. The quantitative estimate of drug-likeness (QED) is 0.481. The number of guanidine groups is 1. The summed E-state index contributed by atoms with van der Waals surface area (Å²) in [5, 5.41) is 3.52. The molecule has 9 nitrogen and oxygen atoms in total. The Kier molecular flexibility index (Phi) is 7.65. The zero-order valence-electron chi connectivity index (χ0n) is 20.0. The summed E-state index contributed by atoms with van der Waals surface area (Å²) in [6.45, 7) is 4.61. The molecule has 1 fully saturated rings. The third-order valence-corrected chi connectivity index (χ3v) is 6.38. The molecule has 4 rings (SSSR count). The topological polar surface area (TPSA) is 92.7 Å². The molecule has 0 bridgehead atoms. The molecule has 1 saturated heterocycles. The summed E-state index contributed by atoms with van der Waals surface area (Å²) < 4.78 is 16.1. The normalized spacial score (nSPS) is 20.1. The van der Waals surface area contributed by atoms with E-state index in [1.54, 1.807) is 32.2 Å². The number of rotatable bonds is 6. The molecule has 2 aliphatic rings. The van der Waals surface area contributed by atoms with Gasteiger partial charge in [-0.05, 0) is 37.3 Å². The lowest BCUT2D eigenvalue weighted by Gasteiger charge is -2.39. The van der Waals surface area contributed by atoms with Crippen molar-refractivity contribution in [1.29, 1.82) is 0 Å². The standard InChI is InChI=1S/C25H29ClN4O5/c1-4-35-24(32)21-22(19-9-8-18(33-2)15-20(19)34-3)27-25(28-23(21)31)30-12-10-29(11-13-30)17-7-5-6-16(26)14-17/h5-9,14-15,21-22H,4,10-13H2,1-3H3,(H,27,28,31)/t21-,22+/m1/s1. The van der Waals surface area contributed by atoms with Crippen LogP contribution in [0.5, 0.6) is 11.5 Å². The summed E-state index contributed by atoms with van der Waals surface area (Å²) in [5.41, 5.74) is 1.66. The average Bonchev–Trinajstić information content (AvgIpc) is 2.88. The van der Waals surface area contributed by atoms with E-state index in [4.69, 9.17) is 30.8 Å². The molecule has 2 aliphatic heterocycles. The van der Waals surface area contributed by atoms with Gasteiger partial charge in [0.25, 0.3) is 0 Å². The minimum atomic E-state index is -1.13. The molecule has 35 heavy (non-hydrogen) atoms. The molecular weight excluding hydrogens is 472 g/mol. The Labute approximate surface area is 209 Å². The van der Waals surface area contributed by atoms with E-state index in [0.717, 1.165) is 18.8 Å². The zero-order valence-corrected chi connectivity index (χ0v) is 20.7. The number of hydrogen-bond donors (Lipinski definition) is 1. The van der Waals surface area contributed by atoms with Gasteiger partial charge >= 0.3 is 5.97 Å². The Hall–Kier alpha value is -3.46. The molecule has 1 amide bonds. The third-order valence-electron chi connectivity index (χ3n) is 6.15. The van der Waals surface area contributed by atoms with Gasteiger partial charge < -0.3 is 24.0 Å². The van der Waals surface area contributed by atoms with Crippen LogP contribution < -0.4 is 19.7 Å². The van der Waals surface area contributed by atoms with Gasteiger partial charge in [0.15, 0.2) is 5.92 Å². The SMILES string of the molecule is CCOC(=O)[C@H]1C(=O)NC(N2CCN(c3cccc(Cl)c3)CC2)=N[C@H]1c1ccc(OC)cc1OC. The molecule has 1 N–H and O–H groups in total. The summed E-state index contributed by atoms with van der Waals surface area (Å²) in [5.74, 6) is -0.694. The molecule has 0 unspecified atom stereocenters. The van der Waals surface area contributed by atoms with Crippen LogP contribution in [0, 0.1) is 5.92 Å². The zero-order chi connectivity index (χ0) is 24.9. The number of carbonyl (C=O) groups is 2. The number of aliphatic imine (C=N–C) groups is 1. The highest BCUT2D eigenvalue weighted by atomic mass is 35.5. The van der Waals surface area contributed by atoms with Crippen LogP contribution in [-0.4, -0.2) is 69.7 Å². The predicted octanol–water partition coefficient (Wildman–Crippen LogP) is 2.89. The van der Waals surface area contributed by atoms with Crippen LogP contribution in [0.1, 0.15) is 18.5 Å². The second-order valence-electron chi connectivity index (χ2n) is 8.18. The minimum absolute atomic E-state index is 0.164. The Morgan fingerprint density at radius 2 is 1.83 bits per heavy atom. The molecule has 2 aromatic carbocycles. The Morgan fingerprint density at radius 3 is 2.49 bits per heavy atom. The van der Waals surface area contributed by atoms with Crippen LogP contribution in [0.3, 0.4) is 0 Å². The first-order valence-electron chi connectivity index (χ1n) is 11.5. The van der Waals surface area contributed by atoms with E-state index in [1.165, 1.54) is 7.11 Å². The second-order valence-corrected chi connectivity index (χ2v) is 8.61. The van der Waals surface area contributed by atoms with E-state index in [2.05, 4.69) is 10.2 Å². The van der Waals surface area contributed by atoms with Crippen LogP contribution in [0.15, 0.2) is 47.5 Å². The highest BCUT2D eigenvalue weighted by Crippen LogP contribution is 2.38. The summed E-state index contributed by atoms with van der Waals surface area (Å²) in [6.07, 6.45) is 0. The number of anilines is 1. The number of methoxy groups -OCH3 is 2. The minimum Gasteiger partial charge on any atom is -0.497 e. The monoisotopic (exact) mass is 500 g/mol. The molecule has 2 heterocycles. The van der Waals surface area contributed by atoms with Crippen molar-refractivity contribution < 1.29 is 23.8 Å². The Bertz CT molecular complexity index is 1120. The first-order valence-corrected chi connectivity index (χ1v) is 11.9. The fourth-order valence-corrected chi connectivity index (χ4v) is 4.54. The van der Waals surface area contributed by atoms with Crippen molar-refractivity contribution >= 4 is 35.1 Å². The van der Waals surface area contributed by atoms with Gasteiger partial charge in [-0.1, -0.05) is 17.7 Å². The first kappa shape index (κ1) is 24.7. The number of ether oxygens (including phenoxy) is 3. The van der Waals surface area contributed by atoms with Gasteiger partial charge in [-0.3, -0.25) is 14.9 Å². The number of halogens is 1. The average molecular weight is 501 g/mol. The lowest BCUT2D eigenvalue weighted by molar-refractivity contribution is -0.153. The van der Waals surface area contributed by atoms with E-state index in [0.29, 0.717) is 41.1 Å². The Morgan fingerprint density at radius 1 is 1.09 bits per heavy atom. The fourth-order valence-electron chi connectivity index (χ4n) is 4.36. The molecule has 0 spiro atoms.